The van der Waals surface area contributed by atoms with Crippen LogP contribution < -0.4 is 5.43 Å². The van der Waals surface area contributed by atoms with E-state index in [1.54, 1.807) is 20.2 Å². The largest absolute Gasteiger partial charge is 0.392 e. The van der Waals surface area contributed by atoms with E-state index in [2.05, 4.69) is 12.3 Å². The summed E-state index contributed by atoms with van der Waals surface area (Å²) < 4.78 is 4.95. The fraction of sp³-hybridized carbons (Fsp3) is 0.846. The summed E-state index contributed by atoms with van der Waals surface area (Å²) in [5, 5.41) is 19.9. The first kappa shape index (κ1) is 17.4. The van der Waals surface area contributed by atoms with Gasteiger partial charge >= 0.3 is 0 Å². The summed E-state index contributed by atoms with van der Waals surface area (Å²) in [7, 11) is 1.56. The molecule has 108 valence electrons. The first-order chi connectivity index (χ1) is 8.61. The Balaban J connectivity index is 3.78. The smallest absolute Gasteiger partial charge is 0.0776 e. The van der Waals surface area contributed by atoms with Crippen LogP contribution in [0.5, 0.6) is 0 Å². The van der Waals surface area contributed by atoms with E-state index in [4.69, 9.17) is 4.74 Å². The number of methoxy groups -OCH3 is 1. The second-order valence-corrected chi connectivity index (χ2v) is 4.51. The fourth-order valence-electron chi connectivity index (χ4n) is 1.54. The van der Waals surface area contributed by atoms with Gasteiger partial charge in [-0.05, 0) is 19.8 Å². The molecule has 0 rings (SSSR count). The quantitative estimate of drug-likeness (QED) is 0.392. The van der Waals surface area contributed by atoms with Gasteiger partial charge in [0.05, 0.1) is 18.8 Å². The van der Waals surface area contributed by atoms with E-state index in [1.807, 2.05) is 6.08 Å². The summed E-state index contributed by atoms with van der Waals surface area (Å²) in [5.41, 5.74) is 2.75. The Morgan fingerprint density at radius 3 is 2.61 bits per heavy atom. The van der Waals surface area contributed by atoms with Crippen LogP contribution in [0.3, 0.4) is 0 Å². The molecule has 0 spiro atoms. The average Bonchev–Trinajstić information content (AvgIpc) is 2.33. The third-order valence-electron chi connectivity index (χ3n) is 2.70. The van der Waals surface area contributed by atoms with Crippen molar-refractivity contribution in [3.8, 4) is 0 Å². The van der Waals surface area contributed by atoms with Crippen molar-refractivity contribution in [1.82, 2.24) is 10.6 Å². The molecule has 5 heteroatoms. The van der Waals surface area contributed by atoms with Gasteiger partial charge in [-0.15, -0.1) is 0 Å². The Hall–Kier alpha value is -0.620. The van der Waals surface area contributed by atoms with Gasteiger partial charge in [-0.2, -0.15) is 5.17 Å². The van der Waals surface area contributed by atoms with Gasteiger partial charge < -0.3 is 9.84 Å². The summed E-state index contributed by atoms with van der Waals surface area (Å²) in [4.78, 5) is 0. The van der Waals surface area contributed by atoms with Crippen molar-refractivity contribution in [3.05, 3.63) is 12.3 Å². The lowest BCUT2D eigenvalue weighted by atomic mass is 10.1. The summed E-state index contributed by atoms with van der Waals surface area (Å²) >= 11 is 0. The zero-order valence-corrected chi connectivity index (χ0v) is 11.8. The highest BCUT2D eigenvalue weighted by Gasteiger charge is 2.15. The molecule has 5 nitrogen and oxygen atoms in total. The first-order valence-corrected chi connectivity index (χ1v) is 6.69. The van der Waals surface area contributed by atoms with E-state index in [0.29, 0.717) is 6.61 Å². The summed E-state index contributed by atoms with van der Waals surface area (Å²) in [6.07, 6.45) is 8.67. The molecular weight excluding hydrogens is 232 g/mol. The molecule has 0 radical (unpaired) electrons. The molecule has 18 heavy (non-hydrogen) atoms. The Labute approximate surface area is 110 Å². The highest BCUT2D eigenvalue weighted by atomic mass is 16.5. The molecule has 0 saturated carbocycles. The van der Waals surface area contributed by atoms with Crippen LogP contribution in [0.2, 0.25) is 0 Å². The van der Waals surface area contributed by atoms with Gasteiger partial charge in [0.2, 0.25) is 0 Å². The number of hydrogen-bond donors (Lipinski definition) is 3. The van der Waals surface area contributed by atoms with E-state index < -0.39 is 6.10 Å². The van der Waals surface area contributed by atoms with Gasteiger partial charge in [0.1, 0.15) is 0 Å². The lowest BCUT2D eigenvalue weighted by Crippen LogP contribution is -2.48. The minimum atomic E-state index is -0.599. The molecule has 0 saturated heterocycles. The minimum Gasteiger partial charge on any atom is -0.392 e. The Morgan fingerprint density at radius 2 is 2.06 bits per heavy atom. The second kappa shape index (κ2) is 11.5. The van der Waals surface area contributed by atoms with Crippen LogP contribution >= 0.6 is 0 Å². The molecule has 2 unspecified atom stereocenters. The molecule has 0 bridgehead atoms. The molecule has 3 N–H and O–H groups in total. The van der Waals surface area contributed by atoms with Crippen LogP contribution in [0.4, 0.5) is 0 Å². The number of unbranched alkanes of at least 4 members (excludes halogenated alkanes) is 4. The van der Waals surface area contributed by atoms with Crippen molar-refractivity contribution in [2.24, 2.45) is 0 Å². The highest BCUT2D eigenvalue weighted by Crippen LogP contribution is 2.03. The number of hydroxylamine groups is 1. The van der Waals surface area contributed by atoms with Crippen molar-refractivity contribution in [2.45, 2.75) is 58.1 Å². The van der Waals surface area contributed by atoms with Crippen LogP contribution in [0, 0.1) is 0 Å². The fourth-order valence-corrected chi connectivity index (χ4v) is 1.54. The maximum absolute atomic E-state index is 9.57. The van der Waals surface area contributed by atoms with Crippen molar-refractivity contribution in [3.63, 3.8) is 0 Å². The number of ether oxygens (including phenoxy) is 1. The van der Waals surface area contributed by atoms with Gasteiger partial charge in [0.25, 0.3) is 0 Å². The normalized spacial score (nSPS) is 14.9. The molecular formula is C13H28N2O3. The SMILES string of the molecule is CCCCCCC=CN(O)NC(COC)C(C)O. The van der Waals surface area contributed by atoms with Crippen molar-refractivity contribution in [2.75, 3.05) is 13.7 Å². The van der Waals surface area contributed by atoms with Gasteiger partial charge in [0, 0.05) is 13.3 Å². The van der Waals surface area contributed by atoms with Crippen LogP contribution in [-0.4, -0.2) is 41.3 Å². The van der Waals surface area contributed by atoms with Crippen LogP contribution in [0.15, 0.2) is 12.3 Å². The predicted octanol–water partition coefficient (Wildman–Crippen LogP) is 2.06. The van der Waals surface area contributed by atoms with Gasteiger partial charge in [-0.1, -0.05) is 32.3 Å². The Morgan fingerprint density at radius 1 is 1.33 bits per heavy atom. The number of rotatable bonds is 11. The molecule has 0 aliphatic rings. The summed E-state index contributed by atoms with van der Waals surface area (Å²) in [6, 6.07) is -0.329. The van der Waals surface area contributed by atoms with E-state index in [-0.39, 0.29) is 6.04 Å². The topological polar surface area (TPSA) is 65.0 Å². The van der Waals surface area contributed by atoms with Crippen LogP contribution in [0.25, 0.3) is 0 Å². The molecule has 0 amide bonds. The van der Waals surface area contributed by atoms with E-state index >= 15 is 0 Å². The van der Waals surface area contributed by atoms with E-state index in [1.165, 1.54) is 19.3 Å². The zero-order valence-electron chi connectivity index (χ0n) is 11.8. The van der Waals surface area contributed by atoms with Crippen LogP contribution in [-0.2, 0) is 4.74 Å². The number of aliphatic hydroxyl groups excluding tert-OH is 1. The molecule has 0 aromatic heterocycles. The second-order valence-electron chi connectivity index (χ2n) is 4.51. The molecule has 2 atom stereocenters. The van der Waals surface area contributed by atoms with E-state index in [9.17, 15) is 10.3 Å². The van der Waals surface area contributed by atoms with E-state index in [0.717, 1.165) is 18.0 Å². The molecule has 0 aromatic rings. The molecule has 0 aromatic carbocycles. The lowest BCUT2D eigenvalue weighted by molar-refractivity contribution is -0.117. The standard InChI is InChI=1S/C13H28N2O3/c1-4-5-6-7-8-9-10-15(17)14-13(11-18-3)12(2)16/h9-10,12-14,16-17H,4-8,11H2,1-3H3. The number of nitrogens with one attached hydrogen (secondary N) is 1. The minimum absolute atomic E-state index is 0.329. The summed E-state index contributed by atoms with van der Waals surface area (Å²) in [5.74, 6) is 0. The van der Waals surface area contributed by atoms with Crippen molar-refractivity contribution in [1.29, 1.82) is 0 Å². The highest BCUT2D eigenvalue weighted by molar-refractivity contribution is 4.79. The average molecular weight is 260 g/mol. The maximum Gasteiger partial charge on any atom is 0.0776 e. The number of hydrogen-bond acceptors (Lipinski definition) is 5. The molecule has 0 heterocycles. The molecule has 0 fully saturated rings. The number of allylic oxidation sites excluding steroid dienone is 1. The predicted molar refractivity (Wildman–Crippen MR) is 72.0 cm³/mol. The van der Waals surface area contributed by atoms with Gasteiger partial charge in [-0.25, -0.2) is 5.43 Å². The van der Waals surface area contributed by atoms with Crippen LogP contribution in [0.1, 0.15) is 46.0 Å². The lowest BCUT2D eigenvalue weighted by Gasteiger charge is -2.24. The number of aliphatic hydroxyl groups is 1. The summed E-state index contributed by atoms with van der Waals surface area (Å²) in [6.45, 7) is 4.17. The Bertz CT molecular complexity index is 210. The maximum atomic E-state index is 9.57. The van der Waals surface area contributed by atoms with Gasteiger partial charge in [0.15, 0.2) is 0 Å². The first-order valence-electron chi connectivity index (χ1n) is 6.69. The monoisotopic (exact) mass is 260 g/mol. The Kier molecular flexibility index (Phi) is 11.1. The third-order valence-corrected chi connectivity index (χ3v) is 2.70. The zero-order chi connectivity index (χ0) is 13.8. The van der Waals surface area contributed by atoms with Crippen molar-refractivity contribution >= 4 is 0 Å². The molecule has 0 aliphatic carbocycles. The number of nitrogens with zero attached hydrogens (tertiary/aromatic N) is 1. The number of hydrazine groups is 1. The van der Waals surface area contributed by atoms with Gasteiger partial charge in [-0.3, -0.25) is 5.21 Å². The molecule has 0 aliphatic heterocycles. The third kappa shape index (κ3) is 9.41. The van der Waals surface area contributed by atoms with Crippen molar-refractivity contribution < 1.29 is 15.1 Å².